The van der Waals surface area contributed by atoms with Crippen LogP contribution in [0.3, 0.4) is 0 Å². The molecule has 4 atom stereocenters. The Morgan fingerprint density at radius 1 is 1.00 bits per heavy atom. The quantitative estimate of drug-likeness (QED) is 0.325. The fourth-order valence-electron chi connectivity index (χ4n) is 7.44. The molecule has 0 aromatic rings. The first kappa shape index (κ1) is 24.9. The largest absolute Gasteiger partial charge is 0.546 e. The molecule has 0 spiro atoms. The normalized spacial score (nSPS) is 36.2. The van der Waals surface area contributed by atoms with Crippen LogP contribution < -0.4 is 0 Å². The highest BCUT2D eigenvalue weighted by atomic mass is 28.4. The molecule has 3 nitrogen and oxygen atoms in total. The first-order valence-electron chi connectivity index (χ1n) is 12.6. The van der Waals surface area contributed by atoms with E-state index < -0.39 is 8.32 Å². The van der Waals surface area contributed by atoms with Gasteiger partial charge in [0.05, 0.1) is 18.4 Å². The Hall–Kier alpha value is -0.773. The van der Waals surface area contributed by atoms with Crippen LogP contribution in [-0.2, 0) is 14.0 Å². The van der Waals surface area contributed by atoms with Gasteiger partial charge in [-0.05, 0) is 84.7 Å². The van der Waals surface area contributed by atoms with Gasteiger partial charge in [0.2, 0.25) is 8.32 Å². The smallest absolute Gasteiger partial charge is 0.337 e. The van der Waals surface area contributed by atoms with Crippen molar-refractivity contribution < 1.29 is 14.0 Å². The molecule has 0 amide bonds. The van der Waals surface area contributed by atoms with E-state index in [1.807, 2.05) is 0 Å². The summed E-state index contributed by atoms with van der Waals surface area (Å²) in [5.74, 6) is 2.18. The summed E-state index contributed by atoms with van der Waals surface area (Å²) in [6.07, 6.45) is 9.30. The Labute approximate surface area is 192 Å². The molecule has 2 fully saturated rings. The summed E-state index contributed by atoms with van der Waals surface area (Å²) in [7, 11) is -0.533. The van der Waals surface area contributed by atoms with Gasteiger partial charge in [-0.25, -0.2) is 4.79 Å². The van der Waals surface area contributed by atoms with Crippen LogP contribution in [0.4, 0.5) is 0 Å². The molecule has 0 saturated heterocycles. The van der Waals surface area contributed by atoms with Crippen LogP contribution in [0.1, 0.15) is 99.8 Å². The summed E-state index contributed by atoms with van der Waals surface area (Å²) in [5.41, 5.74) is 1.77. The fraction of sp³-hybridized carbons (Fsp3) is 0.889. The third-order valence-electron chi connectivity index (χ3n) is 10.1. The molecule has 0 aliphatic heterocycles. The average molecular weight is 449 g/mol. The highest BCUT2D eigenvalue weighted by molar-refractivity contribution is 6.74. The maximum atomic E-state index is 12.9. The molecule has 3 rings (SSSR count). The standard InChI is InChI=1S/C27H48O3Si/c1-24(2,3)31(9,10)30-20-18-26(6)17-14-21-25(4,5)15-11-16-27(21,7)22(26)13-12-19(20)23(28)29-8/h21-22H,11-18H2,1-10H3/t21-,22-,26-,27-/m0/s1. The minimum absolute atomic E-state index is 0.102. The van der Waals surface area contributed by atoms with Gasteiger partial charge >= 0.3 is 5.97 Å². The summed E-state index contributed by atoms with van der Waals surface area (Å²) >= 11 is 0. The van der Waals surface area contributed by atoms with Gasteiger partial charge < -0.3 is 9.16 Å². The second-order valence-electron chi connectivity index (χ2n) is 13.6. The zero-order valence-corrected chi connectivity index (χ0v) is 23.0. The van der Waals surface area contributed by atoms with Crippen LogP contribution in [0.2, 0.25) is 18.1 Å². The maximum Gasteiger partial charge on any atom is 0.337 e. The van der Waals surface area contributed by atoms with Crippen molar-refractivity contribution in [2.45, 2.75) is 118 Å². The van der Waals surface area contributed by atoms with Crippen molar-refractivity contribution in [1.82, 2.24) is 0 Å². The number of methoxy groups -OCH3 is 1. The van der Waals surface area contributed by atoms with E-state index >= 15 is 0 Å². The number of allylic oxidation sites excluding steroid dienone is 1. The SMILES string of the molecule is COC(=O)C1=C(O[Si](C)(C)C(C)(C)C)C[C@]2(C)CC[C@H]3C(C)(C)CCC[C@]3(C)[C@H]2CC1. The Morgan fingerprint density at radius 2 is 1.65 bits per heavy atom. The van der Waals surface area contributed by atoms with Crippen molar-refractivity contribution >= 4 is 14.3 Å². The Kier molecular flexibility index (Phi) is 6.35. The maximum absolute atomic E-state index is 12.9. The minimum atomic E-state index is -2.05. The third kappa shape index (κ3) is 4.27. The van der Waals surface area contributed by atoms with Crippen LogP contribution in [0, 0.1) is 28.1 Å². The van der Waals surface area contributed by atoms with E-state index in [0.717, 1.165) is 36.5 Å². The molecule has 31 heavy (non-hydrogen) atoms. The minimum Gasteiger partial charge on any atom is -0.546 e. The number of fused-ring (bicyclic) bond motifs is 3. The van der Waals surface area contributed by atoms with E-state index in [4.69, 9.17) is 9.16 Å². The molecule has 3 aliphatic carbocycles. The molecule has 0 aromatic carbocycles. The van der Waals surface area contributed by atoms with Crippen molar-refractivity contribution in [3.05, 3.63) is 11.3 Å². The Morgan fingerprint density at radius 3 is 2.23 bits per heavy atom. The average Bonchev–Trinajstić information content (AvgIpc) is 2.75. The van der Waals surface area contributed by atoms with Crippen molar-refractivity contribution in [2.75, 3.05) is 7.11 Å². The first-order chi connectivity index (χ1) is 14.1. The molecular formula is C27H48O3Si. The van der Waals surface area contributed by atoms with E-state index in [1.165, 1.54) is 39.2 Å². The van der Waals surface area contributed by atoms with Gasteiger partial charge in [0.15, 0.2) is 0 Å². The van der Waals surface area contributed by atoms with Crippen molar-refractivity contribution in [1.29, 1.82) is 0 Å². The summed E-state index contributed by atoms with van der Waals surface area (Å²) in [5, 5.41) is 0.102. The molecule has 3 aliphatic rings. The van der Waals surface area contributed by atoms with Gasteiger partial charge in [0.1, 0.15) is 0 Å². The van der Waals surface area contributed by atoms with E-state index in [0.29, 0.717) is 16.7 Å². The summed E-state index contributed by atoms with van der Waals surface area (Å²) in [6, 6.07) is 0. The molecule has 0 aromatic heterocycles. The van der Waals surface area contributed by atoms with Crippen LogP contribution >= 0.6 is 0 Å². The second kappa shape index (κ2) is 7.92. The number of ether oxygens (including phenoxy) is 1. The van der Waals surface area contributed by atoms with Crippen LogP contribution in [0.15, 0.2) is 11.3 Å². The number of hydrogen-bond donors (Lipinski definition) is 0. The number of rotatable bonds is 3. The topological polar surface area (TPSA) is 35.5 Å². The molecule has 0 bridgehead atoms. The van der Waals surface area contributed by atoms with E-state index in [2.05, 4.69) is 61.6 Å². The highest BCUT2D eigenvalue weighted by Gasteiger charge is 2.59. The van der Waals surface area contributed by atoms with Gasteiger partial charge in [-0.2, -0.15) is 0 Å². The molecule has 2 saturated carbocycles. The van der Waals surface area contributed by atoms with E-state index in [1.54, 1.807) is 0 Å². The lowest BCUT2D eigenvalue weighted by molar-refractivity contribution is -0.137. The zero-order chi connectivity index (χ0) is 23.5. The second-order valence-corrected chi connectivity index (χ2v) is 18.3. The molecule has 178 valence electrons. The van der Waals surface area contributed by atoms with Gasteiger partial charge in [-0.15, -0.1) is 0 Å². The lowest BCUT2D eigenvalue weighted by Crippen LogP contribution is -2.54. The molecule has 0 radical (unpaired) electrons. The van der Waals surface area contributed by atoms with Crippen molar-refractivity contribution in [3.63, 3.8) is 0 Å². The number of esters is 1. The fourth-order valence-corrected chi connectivity index (χ4v) is 8.55. The molecule has 0 unspecified atom stereocenters. The van der Waals surface area contributed by atoms with E-state index in [-0.39, 0.29) is 16.4 Å². The van der Waals surface area contributed by atoms with E-state index in [9.17, 15) is 4.79 Å². The molecule has 0 heterocycles. The summed E-state index contributed by atoms with van der Waals surface area (Å²) < 4.78 is 12.2. The van der Waals surface area contributed by atoms with Crippen LogP contribution in [0.5, 0.6) is 0 Å². The summed E-state index contributed by atoms with van der Waals surface area (Å²) in [6.45, 7) is 21.5. The van der Waals surface area contributed by atoms with Crippen molar-refractivity contribution in [2.24, 2.45) is 28.1 Å². The number of hydrogen-bond acceptors (Lipinski definition) is 3. The Bertz CT molecular complexity index is 744. The molecule has 0 N–H and O–H groups in total. The zero-order valence-electron chi connectivity index (χ0n) is 22.0. The molecule has 4 heteroatoms. The lowest BCUT2D eigenvalue weighted by atomic mass is 9.42. The van der Waals surface area contributed by atoms with Gasteiger partial charge in [-0.3, -0.25) is 0 Å². The Balaban J connectivity index is 2.02. The van der Waals surface area contributed by atoms with Crippen molar-refractivity contribution in [3.8, 4) is 0 Å². The van der Waals surface area contributed by atoms with Gasteiger partial charge in [0.25, 0.3) is 0 Å². The first-order valence-corrected chi connectivity index (χ1v) is 15.5. The van der Waals surface area contributed by atoms with Crippen LogP contribution in [-0.4, -0.2) is 21.4 Å². The van der Waals surface area contributed by atoms with Gasteiger partial charge in [0, 0.05) is 6.42 Å². The van der Waals surface area contributed by atoms with Crippen LogP contribution in [0.25, 0.3) is 0 Å². The monoisotopic (exact) mass is 448 g/mol. The lowest BCUT2D eigenvalue weighted by Gasteiger charge is -2.62. The highest BCUT2D eigenvalue weighted by Crippen LogP contribution is 2.67. The summed E-state index contributed by atoms with van der Waals surface area (Å²) in [4.78, 5) is 12.9. The van der Waals surface area contributed by atoms with Gasteiger partial charge in [-0.1, -0.05) is 54.9 Å². The molecular weight excluding hydrogens is 400 g/mol. The predicted octanol–water partition coefficient (Wildman–Crippen LogP) is 7.87. The predicted molar refractivity (Wildman–Crippen MR) is 131 cm³/mol. The number of carbonyl (C=O) groups is 1. The third-order valence-corrected chi connectivity index (χ3v) is 14.5. The number of carbonyl (C=O) groups excluding carboxylic acids is 1.